The maximum atomic E-state index is 12.0. The summed E-state index contributed by atoms with van der Waals surface area (Å²) in [5, 5.41) is 17.0. The minimum atomic E-state index is -0.271. The molecule has 2 aromatic rings. The van der Waals surface area contributed by atoms with E-state index in [1.807, 2.05) is 6.07 Å². The Kier molecular flexibility index (Phi) is 5.31. The third kappa shape index (κ3) is 4.32. The van der Waals surface area contributed by atoms with Crippen LogP contribution in [-0.4, -0.2) is 25.4 Å². The molecule has 0 aromatic heterocycles. The van der Waals surface area contributed by atoms with Gasteiger partial charge >= 0.3 is 0 Å². The van der Waals surface area contributed by atoms with Gasteiger partial charge in [0.25, 0.3) is 5.91 Å². The van der Waals surface area contributed by atoms with Crippen molar-refractivity contribution >= 4 is 23.2 Å². The summed E-state index contributed by atoms with van der Waals surface area (Å²) >= 11 is 0. The van der Waals surface area contributed by atoms with Crippen molar-refractivity contribution < 1.29 is 9.59 Å². The van der Waals surface area contributed by atoms with Gasteiger partial charge in [-0.15, -0.1) is 0 Å². The predicted octanol–water partition coefficient (Wildman–Crippen LogP) is 1.97. The highest BCUT2D eigenvalue weighted by molar-refractivity contribution is 6.00. The fraction of sp³-hybridized carbons (Fsp3) is 0.118. The topological polar surface area (TPSA) is 94.0 Å². The summed E-state index contributed by atoms with van der Waals surface area (Å²) in [5.41, 5.74) is 2.07. The molecule has 116 valence electrons. The molecule has 0 atom stereocenters. The largest absolute Gasteiger partial charge is 0.376 e. The summed E-state index contributed by atoms with van der Waals surface area (Å²) in [4.78, 5) is 23.7. The van der Waals surface area contributed by atoms with E-state index in [2.05, 4.69) is 16.0 Å². The molecule has 0 saturated carbocycles. The van der Waals surface area contributed by atoms with Crippen molar-refractivity contribution in [3.05, 3.63) is 59.7 Å². The van der Waals surface area contributed by atoms with Gasteiger partial charge in [-0.1, -0.05) is 18.2 Å². The van der Waals surface area contributed by atoms with Gasteiger partial charge in [0.1, 0.15) is 0 Å². The monoisotopic (exact) mass is 308 g/mol. The highest BCUT2D eigenvalue weighted by Crippen LogP contribution is 2.15. The number of carbonyl (C=O) groups is 2. The van der Waals surface area contributed by atoms with Crippen molar-refractivity contribution in [2.45, 2.75) is 0 Å². The second kappa shape index (κ2) is 7.61. The summed E-state index contributed by atoms with van der Waals surface area (Å²) in [6.07, 6.45) is 0. The van der Waals surface area contributed by atoms with Crippen LogP contribution in [-0.2, 0) is 4.79 Å². The van der Waals surface area contributed by atoms with Gasteiger partial charge in [0, 0.05) is 18.4 Å². The molecule has 0 aliphatic heterocycles. The normalized spacial score (nSPS) is 9.57. The lowest BCUT2D eigenvalue weighted by atomic mass is 10.1. The predicted molar refractivity (Wildman–Crippen MR) is 88.1 cm³/mol. The first kappa shape index (κ1) is 16.0. The van der Waals surface area contributed by atoms with E-state index >= 15 is 0 Å². The molecule has 0 saturated heterocycles. The number of carbonyl (C=O) groups excluding carboxylic acids is 2. The minimum absolute atomic E-state index is 0.00475. The number of anilines is 2. The first-order valence-electron chi connectivity index (χ1n) is 6.99. The second-order valence-corrected chi connectivity index (χ2v) is 4.72. The lowest BCUT2D eigenvalue weighted by Crippen LogP contribution is -2.24. The fourth-order valence-electron chi connectivity index (χ4n) is 2.02. The molecule has 6 heteroatoms. The van der Waals surface area contributed by atoms with Crippen LogP contribution in [0.4, 0.5) is 11.4 Å². The van der Waals surface area contributed by atoms with E-state index in [-0.39, 0.29) is 18.4 Å². The van der Waals surface area contributed by atoms with Crippen molar-refractivity contribution in [3.63, 3.8) is 0 Å². The van der Waals surface area contributed by atoms with E-state index < -0.39 is 0 Å². The minimum Gasteiger partial charge on any atom is -0.376 e. The molecule has 23 heavy (non-hydrogen) atoms. The number of benzene rings is 2. The molecule has 0 bridgehead atoms. The first-order valence-corrected chi connectivity index (χ1v) is 6.99. The van der Waals surface area contributed by atoms with Crippen LogP contribution in [0.2, 0.25) is 0 Å². The van der Waals surface area contributed by atoms with Crippen LogP contribution in [0.25, 0.3) is 0 Å². The number of para-hydroxylation sites is 1. The molecule has 0 fully saturated rings. The Labute approximate surface area is 134 Å². The van der Waals surface area contributed by atoms with Gasteiger partial charge in [-0.05, 0) is 30.3 Å². The van der Waals surface area contributed by atoms with Crippen molar-refractivity contribution in [2.24, 2.45) is 0 Å². The summed E-state index contributed by atoms with van der Waals surface area (Å²) in [7, 11) is 1.55. The Morgan fingerprint density at radius 1 is 1.13 bits per heavy atom. The number of nitrogens with zero attached hydrogens (tertiary/aromatic N) is 1. The Morgan fingerprint density at radius 3 is 2.65 bits per heavy atom. The van der Waals surface area contributed by atoms with Gasteiger partial charge in [-0.3, -0.25) is 9.59 Å². The number of hydrogen-bond donors (Lipinski definition) is 3. The van der Waals surface area contributed by atoms with Crippen molar-refractivity contribution in [1.82, 2.24) is 5.32 Å². The van der Waals surface area contributed by atoms with E-state index in [4.69, 9.17) is 5.26 Å². The van der Waals surface area contributed by atoms with Gasteiger partial charge in [-0.25, -0.2) is 0 Å². The molecular formula is C17H16N4O2. The van der Waals surface area contributed by atoms with E-state index in [0.717, 1.165) is 0 Å². The number of hydrogen-bond acceptors (Lipinski definition) is 4. The third-order valence-corrected chi connectivity index (χ3v) is 3.11. The lowest BCUT2D eigenvalue weighted by molar-refractivity contribution is -0.114. The van der Waals surface area contributed by atoms with Gasteiger partial charge < -0.3 is 16.0 Å². The highest BCUT2D eigenvalue weighted by atomic mass is 16.2. The summed E-state index contributed by atoms with van der Waals surface area (Å²) in [5.74, 6) is -0.498. The Hall–Kier alpha value is -3.33. The van der Waals surface area contributed by atoms with Crippen LogP contribution in [0.5, 0.6) is 0 Å². The molecule has 2 rings (SSSR count). The summed E-state index contributed by atoms with van der Waals surface area (Å²) < 4.78 is 0. The zero-order valence-electron chi connectivity index (χ0n) is 12.6. The van der Waals surface area contributed by atoms with Gasteiger partial charge in [0.15, 0.2) is 0 Å². The summed E-state index contributed by atoms with van der Waals surface area (Å²) in [6.45, 7) is 0.00475. The molecule has 0 aliphatic rings. The van der Waals surface area contributed by atoms with Crippen LogP contribution in [0, 0.1) is 11.3 Å². The zero-order chi connectivity index (χ0) is 16.7. The molecule has 0 spiro atoms. The smallest absolute Gasteiger partial charge is 0.253 e. The van der Waals surface area contributed by atoms with Crippen LogP contribution in [0.15, 0.2) is 48.5 Å². The van der Waals surface area contributed by atoms with Gasteiger partial charge in [0.2, 0.25) is 5.91 Å². The quantitative estimate of drug-likeness (QED) is 0.787. The van der Waals surface area contributed by atoms with Crippen molar-refractivity contribution in [2.75, 3.05) is 24.2 Å². The van der Waals surface area contributed by atoms with E-state index in [9.17, 15) is 9.59 Å². The molecule has 0 heterocycles. The van der Waals surface area contributed by atoms with Crippen molar-refractivity contribution in [1.29, 1.82) is 5.26 Å². The first-order chi connectivity index (χ1) is 11.1. The molecule has 2 aromatic carbocycles. The molecule has 2 amide bonds. The zero-order valence-corrected chi connectivity index (χ0v) is 12.6. The lowest BCUT2D eigenvalue weighted by Gasteiger charge is -2.11. The fourth-order valence-corrected chi connectivity index (χ4v) is 2.02. The van der Waals surface area contributed by atoms with Crippen LogP contribution in [0.3, 0.4) is 0 Å². The van der Waals surface area contributed by atoms with E-state index in [1.165, 1.54) is 0 Å². The Balaban J connectivity index is 2.00. The highest BCUT2D eigenvalue weighted by Gasteiger charge is 2.10. The SMILES string of the molecule is CNC(=O)c1ccccc1NCC(=O)Nc1cccc(C#N)c1. The standard InChI is InChI=1S/C17H16N4O2/c1-19-17(23)14-7-2-3-8-15(14)20-11-16(22)21-13-6-4-5-12(9-13)10-18/h2-9,20H,11H2,1H3,(H,19,23)(H,21,22). The Morgan fingerprint density at radius 2 is 1.91 bits per heavy atom. The molecule has 0 unspecified atom stereocenters. The molecule has 3 N–H and O–H groups in total. The maximum absolute atomic E-state index is 12.0. The summed E-state index contributed by atoms with van der Waals surface area (Å²) in [6, 6.07) is 15.6. The second-order valence-electron chi connectivity index (χ2n) is 4.72. The van der Waals surface area contributed by atoms with Crippen LogP contribution in [0.1, 0.15) is 15.9 Å². The maximum Gasteiger partial charge on any atom is 0.253 e. The van der Waals surface area contributed by atoms with Crippen molar-refractivity contribution in [3.8, 4) is 6.07 Å². The van der Waals surface area contributed by atoms with E-state index in [1.54, 1.807) is 55.6 Å². The van der Waals surface area contributed by atoms with E-state index in [0.29, 0.717) is 22.5 Å². The third-order valence-electron chi connectivity index (χ3n) is 3.11. The molecule has 6 nitrogen and oxygen atoms in total. The van der Waals surface area contributed by atoms with Crippen LogP contribution < -0.4 is 16.0 Å². The average Bonchev–Trinajstić information content (AvgIpc) is 2.59. The Bertz CT molecular complexity index is 765. The molecular weight excluding hydrogens is 292 g/mol. The van der Waals surface area contributed by atoms with Gasteiger partial charge in [0.05, 0.1) is 23.7 Å². The number of rotatable bonds is 5. The number of nitriles is 1. The number of nitrogens with one attached hydrogen (secondary N) is 3. The average molecular weight is 308 g/mol. The molecule has 0 aliphatic carbocycles. The van der Waals surface area contributed by atoms with Crippen LogP contribution >= 0.6 is 0 Å². The number of amides is 2. The van der Waals surface area contributed by atoms with Gasteiger partial charge in [-0.2, -0.15) is 5.26 Å². The molecule has 0 radical (unpaired) electrons.